The molecule has 1 aromatic heterocycles. The monoisotopic (exact) mass is 276 g/mol. The Hall–Kier alpha value is -2.21. The van der Waals surface area contributed by atoms with Gasteiger partial charge in [0.2, 0.25) is 0 Å². The summed E-state index contributed by atoms with van der Waals surface area (Å²) in [6, 6.07) is 6.51. The Balaban J connectivity index is 2.24. The summed E-state index contributed by atoms with van der Waals surface area (Å²) in [7, 11) is 1.53. The van der Waals surface area contributed by atoms with Gasteiger partial charge < -0.3 is 10.6 Å². The highest BCUT2D eigenvalue weighted by Crippen LogP contribution is 2.15. The molecule has 2 aromatic rings. The summed E-state index contributed by atoms with van der Waals surface area (Å²) >= 11 is 0. The van der Waals surface area contributed by atoms with Gasteiger partial charge in [-0.3, -0.25) is 4.79 Å². The molecule has 0 aliphatic carbocycles. The van der Waals surface area contributed by atoms with E-state index in [1.54, 1.807) is 18.3 Å². The second-order valence-electron chi connectivity index (χ2n) is 4.29. The van der Waals surface area contributed by atoms with Crippen LogP contribution in [0.1, 0.15) is 23.0 Å². The van der Waals surface area contributed by atoms with Crippen molar-refractivity contribution in [3.63, 3.8) is 0 Å². The van der Waals surface area contributed by atoms with Gasteiger partial charge in [0, 0.05) is 19.8 Å². The molecule has 0 spiro atoms. The number of rotatable bonds is 5. The average Bonchev–Trinajstić information content (AvgIpc) is 2.94. The predicted octanol–water partition coefficient (Wildman–Crippen LogP) is 1.48. The summed E-state index contributed by atoms with van der Waals surface area (Å²) in [5.74, 6) is -0.667. The molecule has 0 saturated carbocycles. The van der Waals surface area contributed by atoms with Gasteiger partial charge in [-0.2, -0.15) is 5.10 Å². The largest absolute Gasteiger partial charge is 0.354 e. The van der Waals surface area contributed by atoms with E-state index in [1.165, 1.54) is 17.8 Å². The number of benzene rings is 1. The summed E-state index contributed by atoms with van der Waals surface area (Å²) in [5.41, 5.74) is 1.44. The summed E-state index contributed by atoms with van der Waals surface area (Å²) in [5, 5.41) is 9.66. The van der Waals surface area contributed by atoms with Gasteiger partial charge in [0.25, 0.3) is 5.91 Å². The van der Waals surface area contributed by atoms with Crippen molar-refractivity contribution in [3.05, 3.63) is 47.5 Å². The maximum absolute atomic E-state index is 14.1. The smallest absolute Gasteiger partial charge is 0.271 e. The van der Waals surface area contributed by atoms with Crippen molar-refractivity contribution in [2.24, 2.45) is 0 Å². The minimum absolute atomic E-state index is 0.253. The summed E-state index contributed by atoms with van der Waals surface area (Å²) in [4.78, 5) is 11.4. The third-order valence-electron chi connectivity index (χ3n) is 2.89. The molecule has 0 aliphatic heterocycles. The lowest BCUT2D eigenvalue weighted by molar-refractivity contribution is 0.0957. The normalized spacial score (nSPS) is 10.6. The number of nitrogens with one attached hydrogen (secondary N) is 2. The summed E-state index contributed by atoms with van der Waals surface area (Å²) < 4.78 is 15.4. The third kappa shape index (κ3) is 3.03. The minimum atomic E-state index is -0.369. The van der Waals surface area contributed by atoms with Gasteiger partial charge in [0.05, 0.1) is 0 Å². The van der Waals surface area contributed by atoms with Crippen molar-refractivity contribution in [1.82, 2.24) is 20.4 Å². The quantitative estimate of drug-likeness (QED) is 0.869. The highest BCUT2D eigenvalue weighted by atomic mass is 19.1. The van der Waals surface area contributed by atoms with Crippen LogP contribution in [0.4, 0.5) is 4.39 Å². The van der Waals surface area contributed by atoms with Gasteiger partial charge in [-0.15, -0.1) is 0 Å². The number of carbonyl (C=O) groups excluding carboxylic acids is 1. The summed E-state index contributed by atoms with van der Waals surface area (Å²) in [6.07, 6.45) is 1.56. The molecule has 2 N–H and O–H groups in total. The Bertz CT molecular complexity index is 609. The van der Waals surface area contributed by atoms with E-state index in [-0.39, 0.29) is 17.4 Å². The molecule has 0 atom stereocenters. The van der Waals surface area contributed by atoms with E-state index in [1.807, 2.05) is 13.0 Å². The Morgan fingerprint density at radius 1 is 1.40 bits per heavy atom. The molecule has 106 valence electrons. The fourth-order valence-electron chi connectivity index (χ4n) is 1.82. The van der Waals surface area contributed by atoms with Gasteiger partial charge >= 0.3 is 0 Å². The van der Waals surface area contributed by atoms with E-state index in [4.69, 9.17) is 0 Å². The first-order chi connectivity index (χ1) is 9.65. The zero-order chi connectivity index (χ0) is 14.5. The average molecular weight is 276 g/mol. The van der Waals surface area contributed by atoms with E-state index >= 15 is 0 Å². The first-order valence-electron chi connectivity index (χ1n) is 6.43. The molecule has 0 unspecified atom stereocenters. The maximum Gasteiger partial charge on any atom is 0.271 e. The fraction of sp³-hybridized carbons (Fsp3) is 0.286. The predicted molar refractivity (Wildman–Crippen MR) is 74.3 cm³/mol. The number of aromatic nitrogens is 2. The third-order valence-corrected chi connectivity index (χ3v) is 2.89. The minimum Gasteiger partial charge on any atom is -0.354 e. The van der Waals surface area contributed by atoms with Gasteiger partial charge in [0.15, 0.2) is 5.69 Å². The molecule has 0 aliphatic rings. The van der Waals surface area contributed by atoms with Crippen LogP contribution in [-0.4, -0.2) is 29.3 Å². The molecule has 1 amide bonds. The van der Waals surface area contributed by atoms with Gasteiger partial charge in [-0.25, -0.2) is 9.07 Å². The van der Waals surface area contributed by atoms with Crippen molar-refractivity contribution >= 4 is 5.91 Å². The van der Waals surface area contributed by atoms with E-state index in [0.29, 0.717) is 12.2 Å². The maximum atomic E-state index is 14.1. The van der Waals surface area contributed by atoms with E-state index in [9.17, 15) is 9.18 Å². The summed E-state index contributed by atoms with van der Waals surface area (Å²) in [6.45, 7) is 3.45. The molecule has 0 radical (unpaired) electrons. The van der Waals surface area contributed by atoms with E-state index in [2.05, 4.69) is 15.7 Å². The van der Waals surface area contributed by atoms with Crippen molar-refractivity contribution in [1.29, 1.82) is 0 Å². The molecule has 6 heteroatoms. The number of nitrogens with zero attached hydrogens (tertiary/aromatic N) is 2. The number of hydrogen-bond acceptors (Lipinski definition) is 3. The molecule has 2 rings (SSSR count). The Labute approximate surface area is 116 Å². The molecular weight excluding hydrogens is 259 g/mol. The molecule has 0 fully saturated rings. The van der Waals surface area contributed by atoms with Crippen molar-refractivity contribution in [2.75, 3.05) is 13.6 Å². The highest BCUT2D eigenvalue weighted by molar-refractivity contribution is 5.91. The standard InChI is InChI=1S/C14H17FN4O/c1-3-17-9-10-4-5-13(11(15)8-10)19-7-6-12(18-19)14(20)16-2/h4-8,17H,3,9H2,1-2H3,(H,16,20). The lowest BCUT2D eigenvalue weighted by Crippen LogP contribution is -2.18. The lowest BCUT2D eigenvalue weighted by Gasteiger charge is -2.06. The van der Waals surface area contributed by atoms with Crippen LogP contribution >= 0.6 is 0 Å². The van der Waals surface area contributed by atoms with E-state index in [0.717, 1.165) is 12.1 Å². The van der Waals surface area contributed by atoms with Gasteiger partial charge in [-0.1, -0.05) is 13.0 Å². The van der Waals surface area contributed by atoms with Crippen LogP contribution < -0.4 is 10.6 Å². The fourth-order valence-corrected chi connectivity index (χ4v) is 1.82. The number of amides is 1. The first-order valence-corrected chi connectivity index (χ1v) is 6.43. The molecule has 0 bridgehead atoms. The van der Waals surface area contributed by atoms with Crippen molar-refractivity contribution < 1.29 is 9.18 Å². The van der Waals surface area contributed by atoms with Gasteiger partial charge in [0.1, 0.15) is 11.5 Å². The SMILES string of the molecule is CCNCc1ccc(-n2ccc(C(=O)NC)n2)c(F)c1. The van der Waals surface area contributed by atoms with Crippen LogP contribution in [0.2, 0.25) is 0 Å². The topological polar surface area (TPSA) is 59.0 Å². The highest BCUT2D eigenvalue weighted by Gasteiger charge is 2.11. The molecule has 20 heavy (non-hydrogen) atoms. The van der Waals surface area contributed by atoms with Crippen LogP contribution in [0.15, 0.2) is 30.5 Å². The van der Waals surface area contributed by atoms with Crippen LogP contribution in [-0.2, 0) is 6.54 Å². The molecule has 5 nitrogen and oxygen atoms in total. The molecular formula is C14H17FN4O. The van der Waals surface area contributed by atoms with Crippen molar-refractivity contribution in [2.45, 2.75) is 13.5 Å². The van der Waals surface area contributed by atoms with E-state index < -0.39 is 0 Å². The van der Waals surface area contributed by atoms with Crippen LogP contribution in [0.25, 0.3) is 5.69 Å². The van der Waals surface area contributed by atoms with Gasteiger partial charge in [-0.05, 0) is 30.3 Å². The zero-order valence-corrected chi connectivity index (χ0v) is 11.5. The van der Waals surface area contributed by atoms with Crippen LogP contribution in [0.5, 0.6) is 0 Å². The Kier molecular flexibility index (Phi) is 4.47. The zero-order valence-electron chi connectivity index (χ0n) is 11.5. The van der Waals surface area contributed by atoms with Crippen molar-refractivity contribution in [3.8, 4) is 5.69 Å². The second kappa shape index (κ2) is 6.29. The second-order valence-corrected chi connectivity index (χ2v) is 4.29. The van der Waals surface area contributed by atoms with Crippen LogP contribution in [0.3, 0.4) is 0 Å². The lowest BCUT2D eigenvalue weighted by atomic mass is 10.2. The Morgan fingerprint density at radius 3 is 2.85 bits per heavy atom. The number of carbonyl (C=O) groups is 1. The number of hydrogen-bond donors (Lipinski definition) is 2. The molecule has 1 heterocycles. The van der Waals surface area contributed by atoms with Crippen LogP contribution in [0, 0.1) is 5.82 Å². The Morgan fingerprint density at radius 2 is 2.20 bits per heavy atom. The first kappa shape index (κ1) is 14.2. The molecule has 1 aromatic carbocycles. The molecule has 0 saturated heterocycles. The number of halogens is 1.